The quantitative estimate of drug-likeness (QED) is 0.459. The van der Waals surface area contributed by atoms with Crippen LogP contribution in [0.2, 0.25) is 0 Å². The largest absolute Gasteiger partial charge is 0.478 e. The zero-order valence-corrected chi connectivity index (χ0v) is 21.2. The average molecular weight is 495 g/mol. The SMILES string of the molecule is C=C(F)Cc1c(C)cc(CN2CCC3(CC2)CN(c2ccc(C(=O)O)cc2)C(=O)O3)cc1CCCC. The number of aryl methyl sites for hydroxylation is 2. The summed E-state index contributed by atoms with van der Waals surface area (Å²) < 4.78 is 19.5. The van der Waals surface area contributed by atoms with Gasteiger partial charge in [0.2, 0.25) is 0 Å². The number of hydrogen-bond acceptors (Lipinski definition) is 4. The Bertz CT molecular complexity index is 1140. The number of unbranched alkanes of at least 4 members (excludes halogenated alkanes) is 1. The first-order chi connectivity index (χ1) is 17.2. The highest BCUT2D eigenvalue weighted by Gasteiger charge is 2.47. The molecule has 0 aromatic heterocycles. The van der Waals surface area contributed by atoms with Gasteiger partial charge in [0.1, 0.15) is 5.60 Å². The van der Waals surface area contributed by atoms with Crippen molar-refractivity contribution >= 4 is 17.7 Å². The molecule has 1 amide bonds. The minimum absolute atomic E-state index is 0.185. The zero-order valence-electron chi connectivity index (χ0n) is 21.2. The molecule has 1 spiro atoms. The van der Waals surface area contributed by atoms with E-state index in [0.717, 1.165) is 62.9 Å². The third-order valence-electron chi connectivity index (χ3n) is 7.36. The van der Waals surface area contributed by atoms with Crippen molar-refractivity contribution in [2.24, 2.45) is 0 Å². The first-order valence-electron chi connectivity index (χ1n) is 12.7. The Hall–Kier alpha value is -3.19. The highest BCUT2D eigenvalue weighted by Crippen LogP contribution is 2.36. The van der Waals surface area contributed by atoms with Gasteiger partial charge >= 0.3 is 12.1 Å². The number of anilines is 1. The topological polar surface area (TPSA) is 70.1 Å². The lowest BCUT2D eigenvalue weighted by atomic mass is 9.90. The highest BCUT2D eigenvalue weighted by atomic mass is 19.1. The van der Waals surface area contributed by atoms with Crippen LogP contribution in [0.1, 0.15) is 65.2 Å². The second-order valence-electron chi connectivity index (χ2n) is 10.1. The molecule has 2 saturated heterocycles. The Balaban J connectivity index is 1.40. The number of benzene rings is 2. The molecule has 2 aromatic carbocycles. The van der Waals surface area contributed by atoms with E-state index in [0.29, 0.717) is 12.2 Å². The van der Waals surface area contributed by atoms with Gasteiger partial charge in [-0.3, -0.25) is 9.80 Å². The number of carbonyl (C=O) groups is 2. The number of ether oxygens (including phenoxy) is 1. The van der Waals surface area contributed by atoms with E-state index in [-0.39, 0.29) is 23.9 Å². The van der Waals surface area contributed by atoms with Crippen LogP contribution in [0.15, 0.2) is 48.8 Å². The van der Waals surface area contributed by atoms with Gasteiger partial charge in [-0.1, -0.05) is 32.1 Å². The molecule has 7 heteroatoms. The number of halogens is 1. The number of likely N-dealkylation sites (tertiary alicyclic amines) is 1. The molecule has 2 aliphatic heterocycles. The maximum absolute atomic E-state index is 13.6. The molecule has 36 heavy (non-hydrogen) atoms. The number of aromatic carboxylic acids is 1. The number of hydrogen-bond donors (Lipinski definition) is 1. The molecule has 2 aromatic rings. The predicted octanol–water partition coefficient (Wildman–Crippen LogP) is 6.05. The summed E-state index contributed by atoms with van der Waals surface area (Å²) in [5.41, 5.74) is 4.93. The van der Waals surface area contributed by atoms with E-state index >= 15 is 0 Å². The lowest BCUT2D eigenvalue weighted by Crippen LogP contribution is -2.46. The summed E-state index contributed by atoms with van der Waals surface area (Å²) in [6.07, 6.45) is 4.48. The molecule has 4 rings (SSSR count). The molecular formula is C29H35FN2O4. The van der Waals surface area contributed by atoms with Crippen LogP contribution in [-0.2, 0) is 24.1 Å². The molecule has 0 saturated carbocycles. The first-order valence-corrected chi connectivity index (χ1v) is 12.7. The van der Waals surface area contributed by atoms with Crippen LogP contribution < -0.4 is 4.90 Å². The molecule has 2 aliphatic rings. The van der Waals surface area contributed by atoms with Gasteiger partial charge in [-0.2, -0.15) is 0 Å². The van der Waals surface area contributed by atoms with Gasteiger partial charge in [-0.05, 0) is 66.3 Å². The standard InChI is InChI=1S/C29H35FN2O4/c1-4-5-6-24-17-22(15-20(2)26(24)16-21(3)30)18-31-13-11-29(12-14-31)19-32(28(35)36-29)25-9-7-23(8-10-25)27(33)34/h7-10,15,17H,3-6,11-14,16,18-19H2,1-2H3,(H,33,34). The third kappa shape index (κ3) is 5.78. The van der Waals surface area contributed by atoms with Crippen LogP contribution in [-0.4, -0.2) is 47.3 Å². The lowest BCUT2D eigenvalue weighted by Gasteiger charge is -2.37. The molecule has 0 unspecified atom stereocenters. The van der Waals surface area contributed by atoms with Crippen molar-refractivity contribution in [2.45, 2.75) is 64.5 Å². The molecule has 0 bridgehead atoms. The molecule has 0 atom stereocenters. The summed E-state index contributed by atoms with van der Waals surface area (Å²) in [6.45, 7) is 10.6. The van der Waals surface area contributed by atoms with Crippen molar-refractivity contribution in [1.29, 1.82) is 0 Å². The monoisotopic (exact) mass is 494 g/mol. The summed E-state index contributed by atoms with van der Waals surface area (Å²) in [4.78, 5) is 27.7. The van der Waals surface area contributed by atoms with Gasteiger partial charge in [0.25, 0.3) is 0 Å². The molecule has 0 radical (unpaired) electrons. The van der Waals surface area contributed by atoms with Crippen molar-refractivity contribution in [3.05, 3.63) is 76.6 Å². The third-order valence-corrected chi connectivity index (χ3v) is 7.36. The van der Waals surface area contributed by atoms with Gasteiger partial charge in [0, 0.05) is 44.6 Å². The first kappa shape index (κ1) is 25.9. The average Bonchev–Trinajstić information content (AvgIpc) is 3.16. The fourth-order valence-electron chi connectivity index (χ4n) is 5.34. The molecular weight excluding hydrogens is 459 g/mol. The number of nitrogens with zero attached hydrogens (tertiary/aromatic N) is 2. The molecule has 0 aliphatic carbocycles. The number of rotatable bonds is 9. The van der Waals surface area contributed by atoms with Gasteiger partial charge in [0.15, 0.2) is 0 Å². The maximum Gasteiger partial charge on any atom is 0.415 e. The van der Waals surface area contributed by atoms with Crippen molar-refractivity contribution in [2.75, 3.05) is 24.5 Å². The van der Waals surface area contributed by atoms with E-state index in [9.17, 15) is 14.0 Å². The number of allylic oxidation sites excluding steroid dienone is 1. The Morgan fingerprint density at radius 1 is 1.19 bits per heavy atom. The Kier molecular flexibility index (Phi) is 7.79. The van der Waals surface area contributed by atoms with Crippen LogP contribution in [0.25, 0.3) is 0 Å². The normalized spacial score (nSPS) is 17.4. The smallest absolute Gasteiger partial charge is 0.415 e. The summed E-state index contributed by atoms with van der Waals surface area (Å²) in [7, 11) is 0. The minimum Gasteiger partial charge on any atom is -0.478 e. The van der Waals surface area contributed by atoms with Crippen molar-refractivity contribution < 1.29 is 23.8 Å². The number of piperidine rings is 1. The van der Waals surface area contributed by atoms with Gasteiger partial charge in [-0.25, -0.2) is 14.0 Å². The highest BCUT2D eigenvalue weighted by molar-refractivity contribution is 5.92. The van der Waals surface area contributed by atoms with E-state index in [1.165, 1.54) is 23.3 Å². The Labute approximate surface area is 212 Å². The number of carboxylic acid groups (broad SMARTS) is 1. The Morgan fingerprint density at radius 3 is 2.50 bits per heavy atom. The fourth-order valence-corrected chi connectivity index (χ4v) is 5.34. The van der Waals surface area contributed by atoms with Gasteiger partial charge < -0.3 is 9.84 Å². The van der Waals surface area contributed by atoms with Crippen molar-refractivity contribution in [1.82, 2.24) is 4.90 Å². The number of carbonyl (C=O) groups excluding carboxylic acids is 1. The summed E-state index contributed by atoms with van der Waals surface area (Å²) >= 11 is 0. The second kappa shape index (κ2) is 10.8. The lowest BCUT2D eigenvalue weighted by molar-refractivity contribution is -0.000989. The van der Waals surface area contributed by atoms with E-state index in [1.807, 2.05) is 0 Å². The Morgan fingerprint density at radius 2 is 1.89 bits per heavy atom. The summed E-state index contributed by atoms with van der Waals surface area (Å²) in [6, 6.07) is 10.7. The van der Waals surface area contributed by atoms with Crippen LogP contribution in [0.4, 0.5) is 14.9 Å². The molecule has 192 valence electrons. The van der Waals surface area contributed by atoms with Crippen LogP contribution in [0.5, 0.6) is 0 Å². The van der Waals surface area contributed by atoms with Gasteiger partial charge in [-0.15, -0.1) is 0 Å². The van der Waals surface area contributed by atoms with Crippen molar-refractivity contribution in [3.8, 4) is 0 Å². The summed E-state index contributed by atoms with van der Waals surface area (Å²) in [5, 5.41) is 9.11. The van der Waals surface area contributed by atoms with Crippen LogP contribution in [0.3, 0.4) is 0 Å². The van der Waals surface area contributed by atoms with Crippen LogP contribution in [0, 0.1) is 6.92 Å². The van der Waals surface area contributed by atoms with Gasteiger partial charge in [0.05, 0.1) is 17.9 Å². The number of amides is 1. The maximum atomic E-state index is 13.6. The molecule has 6 nitrogen and oxygen atoms in total. The second-order valence-corrected chi connectivity index (χ2v) is 10.1. The molecule has 1 N–H and O–H groups in total. The molecule has 2 fully saturated rings. The van der Waals surface area contributed by atoms with E-state index < -0.39 is 11.6 Å². The summed E-state index contributed by atoms with van der Waals surface area (Å²) in [5.74, 6) is -1.30. The molecule has 2 heterocycles. The zero-order chi connectivity index (χ0) is 25.9. The van der Waals surface area contributed by atoms with E-state index in [4.69, 9.17) is 9.84 Å². The van der Waals surface area contributed by atoms with Crippen LogP contribution >= 0.6 is 0 Å². The van der Waals surface area contributed by atoms with E-state index in [1.54, 1.807) is 17.0 Å². The predicted molar refractivity (Wildman–Crippen MR) is 138 cm³/mol. The number of carboxylic acids is 1. The fraction of sp³-hybridized carbons (Fsp3) is 0.448. The van der Waals surface area contributed by atoms with E-state index in [2.05, 4.69) is 37.5 Å². The minimum atomic E-state index is -0.996. The van der Waals surface area contributed by atoms with Crippen molar-refractivity contribution in [3.63, 3.8) is 0 Å².